The summed E-state index contributed by atoms with van der Waals surface area (Å²) < 4.78 is 0. The van der Waals surface area contributed by atoms with Crippen LogP contribution in [0.2, 0.25) is 5.02 Å². The SMILES string of the molecule is CN1CCc2nc(C(=O)NC3(C(=O)c4cc5cc(Cl)ccc5[nH]4)CCC(C(=O)N(C)C)CC3N)sc2C1.Cl. The Balaban J connectivity index is 0.00000336. The molecule has 4 N–H and O–H groups in total. The lowest BCUT2D eigenvalue weighted by molar-refractivity contribution is -0.134. The second-order valence-corrected chi connectivity index (χ2v) is 11.9. The second kappa shape index (κ2) is 10.9. The van der Waals surface area contributed by atoms with Crippen molar-refractivity contribution in [1.29, 1.82) is 0 Å². The van der Waals surface area contributed by atoms with Gasteiger partial charge in [-0.1, -0.05) is 11.6 Å². The summed E-state index contributed by atoms with van der Waals surface area (Å²) in [4.78, 5) is 52.9. The number of halogens is 2. The molecule has 1 aliphatic heterocycles. The van der Waals surface area contributed by atoms with E-state index in [1.165, 1.54) is 11.3 Å². The molecule has 204 valence electrons. The highest BCUT2D eigenvalue weighted by molar-refractivity contribution is 7.13. The van der Waals surface area contributed by atoms with E-state index in [9.17, 15) is 14.4 Å². The van der Waals surface area contributed by atoms with Crippen LogP contribution < -0.4 is 11.1 Å². The number of H-pyrrole nitrogens is 1. The van der Waals surface area contributed by atoms with Gasteiger partial charge in [-0.2, -0.15) is 0 Å². The number of aromatic nitrogens is 2. The maximum atomic E-state index is 14.1. The number of Topliss-reactive ketones (excluding diaryl/α,β-unsaturated/α-hetero) is 1. The molecule has 1 aromatic carbocycles. The standard InChI is InChI=1S/C26H31ClN6O3S.ClH/c1-32(2)25(36)14-6-8-26(21(28)12-14,22(34)19-11-15-10-16(27)4-5-17(15)29-19)31-23(35)24-30-18-7-9-33(3)13-20(18)37-24;/h4-5,10-11,14,21,29H,6-9,12-13,28H2,1-3H3,(H,31,35);1H. The second-order valence-electron chi connectivity index (χ2n) is 10.4. The van der Waals surface area contributed by atoms with Crippen LogP contribution in [0.15, 0.2) is 24.3 Å². The quantitative estimate of drug-likeness (QED) is 0.399. The molecule has 3 atom stereocenters. The van der Waals surface area contributed by atoms with Crippen LogP contribution in [-0.4, -0.2) is 76.6 Å². The van der Waals surface area contributed by atoms with Gasteiger partial charge in [0, 0.05) is 66.4 Å². The number of ketones is 1. The van der Waals surface area contributed by atoms with Gasteiger partial charge in [-0.3, -0.25) is 14.4 Å². The van der Waals surface area contributed by atoms with Gasteiger partial charge in [-0.25, -0.2) is 4.98 Å². The van der Waals surface area contributed by atoms with Crippen molar-refractivity contribution in [3.05, 3.63) is 50.6 Å². The maximum Gasteiger partial charge on any atom is 0.281 e. The molecule has 0 radical (unpaired) electrons. The van der Waals surface area contributed by atoms with Gasteiger partial charge in [0.1, 0.15) is 5.54 Å². The van der Waals surface area contributed by atoms with E-state index in [-0.39, 0.29) is 42.9 Å². The molecule has 12 heteroatoms. The van der Waals surface area contributed by atoms with Crippen LogP contribution in [-0.2, 0) is 17.8 Å². The molecule has 2 aromatic heterocycles. The topological polar surface area (TPSA) is 124 Å². The highest BCUT2D eigenvalue weighted by Crippen LogP contribution is 2.36. The molecule has 1 aliphatic carbocycles. The van der Waals surface area contributed by atoms with E-state index >= 15 is 0 Å². The Bertz CT molecular complexity index is 1390. The summed E-state index contributed by atoms with van der Waals surface area (Å²) in [6.07, 6.45) is 1.74. The molecule has 3 aromatic rings. The van der Waals surface area contributed by atoms with Crippen molar-refractivity contribution >= 4 is 63.8 Å². The van der Waals surface area contributed by atoms with Gasteiger partial charge in [-0.15, -0.1) is 23.7 Å². The van der Waals surface area contributed by atoms with Crippen molar-refractivity contribution in [2.24, 2.45) is 11.7 Å². The Morgan fingerprint density at radius 1 is 1.29 bits per heavy atom. The Hall–Kier alpha value is -2.50. The summed E-state index contributed by atoms with van der Waals surface area (Å²) in [6, 6.07) is 6.31. The lowest BCUT2D eigenvalue weighted by atomic mass is 9.69. The molecule has 0 saturated heterocycles. The smallest absolute Gasteiger partial charge is 0.281 e. The van der Waals surface area contributed by atoms with Crippen LogP contribution in [0.1, 0.15) is 50.1 Å². The number of hydrogen-bond donors (Lipinski definition) is 3. The zero-order valence-electron chi connectivity index (χ0n) is 21.5. The minimum absolute atomic E-state index is 0. The van der Waals surface area contributed by atoms with Gasteiger partial charge in [-0.05, 0) is 50.6 Å². The normalized spacial score (nSPS) is 23.4. The van der Waals surface area contributed by atoms with E-state index in [1.807, 2.05) is 13.1 Å². The Morgan fingerprint density at radius 2 is 2.05 bits per heavy atom. The number of carbonyl (C=O) groups is 3. The van der Waals surface area contributed by atoms with Gasteiger partial charge < -0.3 is 25.8 Å². The monoisotopic (exact) mass is 578 g/mol. The number of fused-ring (bicyclic) bond motifs is 2. The first-order valence-corrected chi connectivity index (χ1v) is 13.6. The lowest BCUT2D eigenvalue weighted by Gasteiger charge is -2.43. The Labute approximate surface area is 236 Å². The Morgan fingerprint density at radius 3 is 2.76 bits per heavy atom. The van der Waals surface area contributed by atoms with Crippen molar-refractivity contribution in [3.8, 4) is 0 Å². The fourth-order valence-electron chi connectivity index (χ4n) is 5.44. The van der Waals surface area contributed by atoms with E-state index in [4.69, 9.17) is 17.3 Å². The summed E-state index contributed by atoms with van der Waals surface area (Å²) >= 11 is 7.50. The number of carbonyl (C=O) groups excluding carboxylic acids is 3. The molecule has 5 rings (SSSR count). The van der Waals surface area contributed by atoms with Crippen molar-refractivity contribution in [2.75, 3.05) is 27.7 Å². The number of nitrogens with two attached hydrogens (primary N) is 1. The van der Waals surface area contributed by atoms with Crippen molar-refractivity contribution in [3.63, 3.8) is 0 Å². The Kier molecular flexibility index (Phi) is 8.20. The molecule has 0 spiro atoms. The average molecular weight is 580 g/mol. The lowest BCUT2D eigenvalue weighted by Crippen LogP contribution is -2.67. The van der Waals surface area contributed by atoms with Crippen molar-refractivity contribution < 1.29 is 14.4 Å². The average Bonchev–Trinajstić information content (AvgIpc) is 3.47. The number of likely N-dealkylation sites (N-methyl/N-ethyl adjacent to an activating group) is 1. The van der Waals surface area contributed by atoms with Crippen LogP contribution >= 0.6 is 35.3 Å². The molecule has 38 heavy (non-hydrogen) atoms. The molecule has 0 bridgehead atoms. The fourth-order valence-corrected chi connectivity index (χ4v) is 6.70. The fraction of sp³-hybridized carbons (Fsp3) is 0.462. The molecule has 3 unspecified atom stereocenters. The van der Waals surface area contributed by atoms with Gasteiger partial charge >= 0.3 is 0 Å². The van der Waals surface area contributed by atoms with E-state index in [0.29, 0.717) is 22.1 Å². The first-order chi connectivity index (χ1) is 17.6. The van der Waals surface area contributed by atoms with Crippen LogP contribution in [0.5, 0.6) is 0 Å². The minimum atomic E-state index is -1.38. The number of amides is 2. The minimum Gasteiger partial charge on any atom is -0.352 e. The van der Waals surface area contributed by atoms with Crippen LogP contribution in [0.25, 0.3) is 10.9 Å². The zero-order chi connectivity index (χ0) is 26.5. The van der Waals surface area contributed by atoms with Gasteiger partial charge in [0.15, 0.2) is 5.01 Å². The number of thiazole rings is 1. The number of nitrogens with one attached hydrogen (secondary N) is 2. The van der Waals surface area contributed by atoms with E-state index in [0.717, 1.165) is 41.0 Å². The highest BCUT2D eigenvalue weighted by atomic mass is 35.5. The molecule has 1 fully saturated rings. The maximum absolute atomic E-state index is 14.1. The summed E-state index contributed by atoms with van der Waals surface area (Å²) in [5, 5.41) is 4.69. The summed E-state index contributed by atoms with van der Waals surface area (Å²) in [5.41, 5.74) is 7.33. The van der Waals surface area contributed by atoms with Crippen molar-refractivity contribution in [2.45, 2.75) is 43.8 Å². The van der Waals surface area contributed by atoms with E-state index in [1.54, 1.807) is 37.2 Å². The van der Waals surface area contributed by atoms with Gasteiger partial charge in [0.05, 0.1) is 11.4 Å². The van der Waals surface area contributed by atoms with E-state index < -0.39 is 17.5 Å². The number of benzene rings is 1. The summed E-state index contributed by atoms with van der Waals surface area (Å²) in [6.45, 7) is 1.63. The first-order valence-electron chi connectivity index (χ1n) is 12.4. The van der Waals surface area contributed by atoms with Gasteiger partial charge in [0.2, 0.25) is 11.7 Å². The molecule has 2 aliphatic rings. The van der Waals surface area contributed by atoms with E-state index in [2.05, 4.69) is 20.2 Å². The molecule has 3 heterocycles. The third-order valence-corrected chi connectivity index (χ3v) is 8.85. The highest BCUT2D eigenvalue weighted by Gasteiger charge is 2.51. The number of hydrogen-bond acceptors (Lipinski definition) is 7. The third-order valence-electron chi connectivity index (χ3n) is 7.53. The van der Waals surface area contributed by atoms with Crippen LogP contribution in [0, 0.1) is 5.92 Å². The van der Waals surface area contributed by atoms with Crippen LogP contribution in [0.4, 0.5) is 0 Å². The van der Waals surface area contributed by atoms with Gasteiger partial charge in [0.25, 0.3) is 5.91 Å². The third kappa shape index (κ3) is 5.20. The molecular formula is C26H32Cl2N6O3S. The molecule has 1 saturated carbocycles. The molecule has 9 nitrogen and oxygen atoms in total. The molecular weight excluding hydrogens is 547 g/mol. The summed E-state index contributed by atoms with van der Waals surface area (Å²) in [7, 11) is 5.45. The number of nitrogens with zero attached hydrogens (tertiary/aromatic N) is 3. The zero-order valence-corrected chi connectivity index (χ0v) is 23.9. The number of aromatic amines is 1. The largest absolute Gasteiger partial charge is 0.352 e. The predicted octanol–water partition coefficient (Wildman–Crippen LogP) is 3.25. The first kappa shape index (κ1) is 28.5. The van der Waals surface area contributed by atoms with Crippen LogP contribution in [0.3, 0.4) is 0 Å². The number of rotatable bonds is 5. The van der Waals surface area contributed by atoms with Crippen molar-refractivity contribution in [1.82, 2.24) is 25.1 Å². The predicted molar refractivity (Wildman–Crippen MR) is 151 cm³/mol. The summed E-state index contributed by atoms with van der Waals surface area (Å²) in [5.74, 6) is -1.06. The molecule has 2 amide bonds.